The largest absolute Gasteiger partial charge is 0.399 e. The lowest BCUT2D eigenvalue weighted by Crippen LogP contribution is -2.48. The maximum absolute atomic E-state index is 12.3. The Balaban J connectivity index is 1.88. The number of aryl methyl sites for hydroxylation is 1. The zero-order valence-corrected chi connectivity index (χ0v) is 12.5. The lowest BCUT2D eigenvalue weighted by atomic mass is 10.1. The summed E-state index contributed by atoms with van der Waals surface area (Å²) in [6.07, 6.45) is 1.38. The van der Waals surface area contributed by atoms with E-state index >= 15 is 0 Å². The molecule has 1 fully saturated rings. The van der Waals surface area contributed by atoms with E-state index in [1.54, 1.807) is 0 Å². The van der Waals surface area contributed by atoms with E-state index in [-0.39, 0.29) is 5.91 Å². The molecule has 19 heavy (non-hydrogen) atoms. The van der Waals surface area contributed by atoms with Gasteiger partial charge in [0.25, 0.3) is 0 Å². The van der Waals surface area contributed by atoms with Crippen LogP contribution in [0.25, 0.3) is 0 Å². The lowest BCUT2D eigenvalue weighted by Gasteiger charge is -2.37. The van der Waals surface area contributed by atoms with Crippen molar-refractivity contribution in [2.75, 3.05) is 18.0 Å². The Morgan fingerprint density at radius 2 is 2.05 bits per heavy atom. The summed E-state index contributed by atoms with van der Waals surface area (Å²) in [4.78, 5) is 14.3. The summed E-state index contributed by atoms with van der Waals surface area (Å²) in [7, 11) is 0. The summed E-state index contributed by atoms with van der Waals surface area (Å²) >= 11 is 1.96. The number of amides is 1. The van der Waals surface area contributed by atoms with Gasteiger partial charge in [0.1, 0.15) is 0 Å². The van der Waals surface area contributed by atoms with Gasteiger partial charge in [0.15, 0.2) is 0 Å². The fourth-order valence-corrected chi connectivity index (χ4v) is 3.46. The smallest absolute Gasteiger partial charge is 0.223 e. The Kier molecular flexibility index (Phi) is 4.75. The average Bonchev–Trinajstić information content (AvgIpc) is 2.41. The third-order valence-electron chi connectivity index (χ3n) is 3.81. The van der Waals surface area contributed by atoms with E-state index in [0.29, 0.717) is 17.7 Å². The van der Waals surface area contributed by atoms with Crippen LogP contribution in [-0.4, -0.2) is 34.4 Å². The van der Waals surface area contributed by atoms with Crippen molar-refractivity contribution in [1.82, 2.24) is 4.90 Å². The number of nitrogen functional groups attached to an aromatic ring is 1. The molecule has 2 rings (SSSR count). The Hall–Kier alpha value is -1.16. The standard InChI is InChI=1S/C15H22N2OS/c1-11-12(2)19-10-9-17(11)15(18)8-5-13-3-6-14(16)7-4-13/h3-4,6-7,11-12H,5,8-10,16H2,1-2H3. The summed E-state index contributed by atoms with van der Waals surface area (Å²) in [5.41, 5.74) is 7.60. The molecule has 1 aliphatic heterocycles. The van der Waals surface area contributed by atoms with E-state index in [9.17, 15) is 4.79 Å². The minimum atomic E-state index is 0.275. The van der Waals surface area contributed by atoms with Gasteiger partial charge in [-0.2, -0.15) is 11.8 Å². The van der Waals surface area contributed by atoms with Crippen molar-refractivity contribution in [1.29, 1.82) is 0 Å². The van der Waals surface area contributed by atoms with Crippen molar-refractivity contribution in [3.05, 3.63) is 29.8 Å². The molecular formula is C15H22N2OS. The second kappa shape index (κ2) is 6.33. The summed E-state index contributed by atoms with van der Waals surface area (Å²) in [5.74, 6) is 1.33. The highest BCUT2D eigenvalue weighted by Gasteiger charge is 2.28. The first-order chi connectivity index (χ1) is 9.08. The zero-order chi connectivity index (χ0) is 13.8. The predicted molar refractivity (Wildman–Crippen MR) is 82.3 cm³/mol. The molecule has 1 aromatic rings. The highest BCUT2D eigenvalue weighted by Crippen LogP contribution is 2.24. The van der Waals surface area contributed by atoms with Gasteiger partial charge in [0.2, 0.25) is 5.91 Å². The molecule has 0 spiro atoms. The maximum Gasteiger partial charge on any atom is 0.223 e. The minimum absolute atomic E-state index is 0.275. The fourth-order valence-electron chi connectivity index (χ4n) is 2.36. The highest BCUT2D eigenvalue weighted by molar-refractivity contribution is 8.00. The van der Waals surface area contributed by atoms with Crippen LogP contribution in [0.4, 0.5) is 5.69 Å². The third kappa shape index (κ3) is 3.66. The Labute approximate surface area is 119 Å². The topological polar surface area (TPSA) is 46.3 Å². The number of benzene rings is 1. The minimum Gasteiger partial charge on any atom is -0.399 e. The van der Waals surface area contributed by atoms with Crippen LogP contribution < -0.4 is 5.73 Å². The molecule has 3 nitrogen and oxygen atoms in total. The Morgan fingerprint density at radius 1 is 1.37 bits per heavy atom. The first kappa shape index (κ1) is 14.3. The van der Waals surface area contributed by atoms with Crippen molar-refractivity contribution >= 4 is 23.4 Å². The van der Waals surface area contributed by atoms with Gasteiger partial charge in [-0.25, -0.2) is 0 Å². The van der Waals surface area contributed by atoms with Crippen molar-refractivity contribution < 1.29 is 4.79 Å². The fraction of sp³-hybridized carbons (Fsp3) is 0.533. The van der Waals surface area contributed by atoms with Crippen LogP contribution in [0, 0.1) is 0 Å². The van der Waals surface area contributed by atoms with Crippen LogP contribution in [0.15, 0.2) is 24.3 Å². The lowest BCUT2D eigenvalue weighted by molar-refractivity contribution is -0.133. The van der Waals surface area contributed by atoms with Crippen molar-refractivity contribution in [3.8, 4) is 0 Å². The molecule has 0 saturated carbocycles. The molecule has 1 saturated heterocycles. The molecule has 0 aromatic heterocycles. The monoisotopic (exact) mass is 278 g/mol. The summed E-state index contributed by atoms with van der Waals surface area (Å²) in [5, 5.41) is 0.536. The van der Waals surface area contributed by atoms with Crippen molar-refractivity contribution in [2.45, 2.75) is 38.0 Å². The zero-order valence-electron chi connectivity index (χ0n) is 11.6. The second-order valence-electron chi connectivity index (χ2n) is 5.15. The summed E-state index contributed by atoms with van der Waals surface area (Å²) in [6, 6.07) is 8.13. The molecule has 1 aromatic carbocycles. The number of hydrogen-bond acceptors (Lipinski definition) is 3. The molecular weight excluding hydrogens is 256 g/mol. The van der Waals surface area contributed by atoms with Gasteiger partial charge < -0.3 is 10.6 Å². The quantitative estimate of drug-likeness (QED) is 0.864. The van der Waals surface area contributed by atoms with Crippen LogP contribution in [0.2, 0.25) is 0 Å². The van der Waals surface area contributed by atoms with Gasteiger partial charge in [0, 0.05) is 35.7 Å². The third-order valence-corrected chi connectivity index (χ3v) is 5.15. The van der Waals surface area contributed by atoms with E-state index in [4.69, 9.17) is 5.73 Å². The highest BCUT2D eigenvalue weighted by atomic mass is 32.2. The number of nitrogens with two attached hydrogens (primary N) is 1. The molecule has 0 bridgehead atoms. The molecule has 2 N–H and O–H groups in total. The van der Waals surface area contributed by atoms with Crippen LogP contribution in [0.1, 0.15) is 25.8 Å². The van der Waals surface area contributed by atoms with Crippen LogP contribution in [0.3, 0.4) is 0 Å². The van der Waals surface area contributed by atoms with E-state index in [2.05, 4.69) is 13.8 Å². The molecule has 1 heterocycles. The van der Waals surface area contributed by atoms with Crippen molar-refractivity contribution in [3.63, 3.8) is 0 Å². The van der Waals surface area contributed by atoms with Gasteiger partial charge in [-0.15, -0.1) is 0 Å². The second-order valence-corrected chi connectivity index (χ2v) is 6.63. The van der Waals surface area contributed by atoms with Gasteiger partial charge in [0.05, 0.1) is 0 Å². The summed E-state index contributed by atoms with van der Waals surface area (Å²) in [6.45, 7) is 5.24. The number of hydrogen-bond donors (Lipinski definition) is 1. The number of rotatable bonds is 3. The van der Waals surface area contributed by atoms with Crippen LogP contribution in [-0.2, 0) is 11.2 Å². The Bertz CT molecular complexity index is 432. The molecule has 0 radical (unpaired) electrons. The van der Waals surface area contributed by atoms with Crippen LogP contribution >= 0.6 is 11.8 Å². The Morgan fingerprint density at radius 3 is 2.74 bits per heavy atom. The first-order valence-corrected chi connectivity index (χ1v) is 7.88. The molecule has 0 aliphatic carbocycles. The number of nitrogens with zero attached hydrogens (tertiary/aromatic N) is 1. The molecule has 4 heteroatoms. The van der Waals surface area contributed by atoms with Gasteiger partial charge in [-0.3, -0.25) is 4.79 Å². The van der Waals surface area contributed by atoms with Gasteiger partial charge in [-0.05, 0) is 31.0 Å². The number of carbonyl (C=O) groups is 1. The van der Waals surface area contributed by atoms with Gasteiger partial charge in [-0.1, -0.05) is 19.1 Å². The first-order valence-electron chi connectivity index (χ1n) is 6.83. The molecule has 2 unspecified atom stereocenters. The van der Waals surface area contributed by atoms with E-state index in [1.807, 2.05) is 40.9 Å². The van der Waals surface area contributed by atoms with E-state index in [0.717, 1.165) is 24.4 Å². The normalized spacial score (nSPS) is 23.4. The molecule has 1 amide bonds. The number of carbonyl (C=O) groups excluding carboxylic acids is 1. The van der Waals surface area contributed by atoms with Crippen LogP contribution in [0.5, 0.6) is 0 Å². The SMILES string of the molecule is CC1SCCN(C(=O)CCc2ccc(N)cc2)C1C. The summed E-state index contributed by atoms with van der Waals surface area (Å²) < 4.78 is 0. The predicted octanol–water partition coefficient (Wildman–Crippen LogP) is 2.55. The molecule has 1 aliphatic rings. The van der Waals surface area contributed by atoms with Crippen molar-refractivity contribution in [2.24, 2.45) is 0 Å². The molecule has 104 valence electrons. The van der Waals surface area contributed by atoms with E-state index < -0.39 is 0 Å². The van der Waals surface area contributed by atoms with E-state index in [1.165, 1.54) is 5.56 Å². The number of anilines is 1. The molecule has 2 atom stereocenters. The maximum atomic E-state index is 12.3. The van der Waals surface area contributed by atoms with Gasteiger partial charge >= 0.3 is 0 Å². The number of thioether (sulfide) groups is 1. The average molecular weight is 278 g/mol.